The lowest BCUT2D eigenvalue weighted by Crippen LogP contribution is -2.45. The van der Waals surface area contributed by atoms with Crippen LogP contribution in [0.25, 0.3) is 0 Å². The number of nitrogens with zero attached hydrogens (tertiary/aromatic N) is 1. The van der Waals surface area contributed by atoms with Crippen LogP contribution >= 0.6 is 0 Å². The van der Waals surface area contributed by atoms with Gasteiger partial charge < -0.3 is 10.2 Å². The average Bonchev–Trinajstić information content (AvgIpc) is 2.92. The number of anilines is 1. The van der Waals surface area contributed by atoms with Crippen LogP contribution in [0, 0.1) is 11.2 Å². The standard InChI is InChI=1S/C16H23FN2O/c1-3-9-16(10-11-18-12-16)15(20)19(4-2)14-7-5-13(17)6-8-14/h5-8,18H,3-4,9-12H2,1-2H3. The van der Waals surface area contributed by atoms with Gasteiger partial charge in [0.15, 0.2) is 0 Å². The van der Waals surface area contributed by atoms with E-state index in [9.17, 15) is 9.18 Å². The third kappa shape index (κ3) is 2.85. The van der Waals surface area contributed by atoms with E-state index in [2.05, 4.69) is 12.2 Å². The second-order valence-corrected chi connectivity index (χ2v) is 5.48. The van der Waals surface area contributed by atoms with Crippen LogP contribution < -0.4 is 10.2 Å². The summed E-state index contributed by atoms with van der Waals surface area (Å²) in [5, 5.41) is 3.31. The molecule has 0 bridgehead atoms. The molecular weight excluding hydrogens is 255 g/mol. The summed E-state index contributed by atoms with van der Waals surface area (Å²) in [6.07, 6.45) is 2.78. The minimum absolute atomic E-state index is 0.165. The molecule has 1 N–H and O–H groups in total. The lowest BCUT2D eigenvalue weighted by molar-refractivity contribution is -0.127. The Labute approximate surface area is 120 Å². The maximum absolute atomic E-state index is 13.0. The Morgan fingerprint density at radius 2 is 2.05 bits per heavy atom. The van der Waals surface area contributed by atoms with Gasteiger partial charge >= 0.3 is 0 Å². The highest BCUT2D eigenvalue weighted by atomic mass is 19.1. The summed E-state index contributed by atoms with van der Waals surface area (Å²) in [6.45, 7) is 6.32. The zero-order chi connectivity index (χ0) is 14.6. The molecule has 0 spiro atoms. The van der Waals surface area contributed by atoms with Crippen molar-refractivity contribution < 1.29 is 9.18 Å². The van der Waals surface area contributed by atoms with Gasteiger partial charge in [0.25, 0.3) is 0 Å². The van der Waals surface area contributed by atoms with E-state index in [-0.39, 0.29) is 17.1 Å². The molecule has 1 aliphatic rings. The van der Waals surface area contributed by atoms with Crippen molar-refractivity contribution in [1.82, 2.24) is 5.32 Å². The Kier molecular flexibility index (Phi) is 4.76. The van der Waals surface area contributed by atoms with Crippen LogP contribution in [-0.4, -0.2) is 25.5 Å². The number of benzene rings is 1. The van der Waals surface area contributed by atoms with Gasteiger partial charge in [0.1, 0.15) is 5.82 Å². The molecule has 0 aliphatic carbocycles. The molecule has 1 saturated heterocycles. The van der Waals surface area contributed by atoms with E-state index >= 15 is 0 Å². The Balaban J connectivity index is 2.25. The van der Waals surface area contributed by atoms with Gasteiger partial charge in [0.2, 0.25) is 5.91 Å². The molecule has 1 aromatic rings. The molecule has 110 valence electrons. The Morgan fingerprint density at radius 3 is 2.55 bits per heavy atom. The first-order chi connectivity index (χ1) is 9.63. The number of nitrogens with one attached hydrogen (secondary N) is 1. The summed E-state index contributed by atoms with van der Waals surface area (Å²) in [6, 6.07) is 6.17. The molecule has 1 fully saturated rings. The predicted octanol–water partition coefficient (Wildman–Crippen LogP) is 2.96. The third-order valence-electron chi connectivity index (χ3n) is 4.13. The van der Waals surface area contributed by atoms with Gasteiger partial charge in [-0.3, -0.25) is 4.79 Å². The Hall–Kier alpha value is -1.42. The monoisotopic (exact) mass is 278 g/mol. The van der Waals surface area contributed by atoms with Crippen molar-refractivity contribution in [3.63, 3.8) is 0 Å². The van der Waals surface area contributed by atoms with Gasteiger partial charge in [-0.1, -0.05) is 13.3 Å². The van der Waals surface area contributed by atoms with Crippen molar-refractivity contribution in [1.29, 1.82) is 0 Å². The van der Waals surface area contributed by atoms with Crippen LogP contribution in [0.3, 0.4) is 0 Å². The molecule has 3 nitrogen and oxygen atoms in total. The second kappa shape index (κ2) is 6.35. The fraction of sp³-hybridized carbons (Fsp3) is 0.562. The largest absolute Gasteiger partial charge is 0.316 e. The maximum Gasteiger partial charge on any atom is 0.234 e. The zero-order valence-electron chi connectivity index (χ0n) is 12.3. The molecule has 1 heterocycles. The highest BCUT2D eigenvalue weighted by Crippen LogP contribution is 2.34. The number of hydrogen-bond donors (Lipinski definition) is 1. The van der Waals surface area contributed by atoms with Crippen molar-refractivity contribution in [2.45, 2.75) is 33.1 Å². The number of halogens is 1. The number of amides is 1. The van der Waals surface area contributed by atoms with E-state index in [0.717, 1.165) is 38.0 Å². The SMILES string of the molecule is CCCC1(C(=O)N(CC)c2ccc(F)cc2)CCNC1. The highest BCUT2D eigenvalue weighted by molar-refractivity contribution is 5.98. The lowest BCUT2D eigenvalue weighted by atomic mass is 9.81. The van der Waals surface area contributed by atoms with E-state index in [0.29, 0.717) is 6.54 Å². The fourth-order valence-electron chi connectivity index (χ4n) is 3.08. The van der Waals surface area contributed by atoms with Crippen molar-refractivity contribution in [2.75, 3.05) is 24.5 Å². The van der Waals surface area contributed by atoms with E-state index < -0.39 is 0 Å². The van der Waals surface area contributed by atoms with Crippen LogP contribution in [0.5, 0.6) is 0 Å². The molecule has 20 heavy (non-hydrogen) atoms. The molecule has 0 aromatic heterocycles. The van der Waals surface area contributed by atoms with Crippen molar-refractivity contribution >= 4 is 11.6 Å². The quantitative estimate of drug-likeness (QED) is 0.898. The van der Waals surface area contributed by atoms with E-state index in [1.165, 1.54) is 12.1 Å². The fourth-order valence-corrected chi connectivity index (χ4v) is 3.08. The Bertz CT molecular complexity index is 452. The first kappa shape index (κ1) is 15.0. The number of carbonyl (C=O) groups excluding carboxylic acids is 1. The summed E-state index contributed by atoms with van der Waals surface area (Å²) in [4.78, 5) is 14.7. The lowest BCUT2D eigenvalue weighted by Gasteiger charge is -2.33. The minimum atomic E-state index is -0.293. The van der Waals surface area contributed by atoms with Crippen LogP contribution in [0.4, 0.5) is 10.1 Å². The molecule has 0 radical (unpaired) electrons. The third-order valence-corrected chi connectivity index (χ3v) is 4.13. The zero-order valence-corrected chi connectivity index (χ0v) is 12.3. The van der Waals surface area contributed by atoms with Crippen molar-refractivity contribution in [3.05, 3.63) is 30.1 Å². The van der Waals surface area contributed by atoms with Crippen LogP contribution in [-0.2, 0) is 4.79 Å². The number of hydrogen-bond acceptors (Lipinski definition) is 2. The molecule has 0 saturated carbocycles. The van der Waals surface area contributed by atoms with Crippen molar-refractivity contribution in [3.8, 4) is 0 Å². The van der Waals surface area contributed by atoms with Gasteiger partial charge in [-0.15, -0.1) is 0 Å². The molecule has 1 aromatic carbocycles. The molecule has 1 aliphatic heterocycles. The van der Waals surface area contributed by atoms with E-state index in [4.69, 9.17) is 0 Å². The van der Waals surface area contributed by atoms with Crippen LogP contribution in [0.15, 0.2) is 24.3 Å². The summed E-state index contributed by atoms with van der Waals surface area (Å²) in [7, 11) is 0. The maximum atomic E-state index is 13.0. The van der Waals surface area contributed by atoms with Gasteiger partial charge in [0, 0.05) is 18.8 Å². The number of carbonyl (C=O) groups is 1. The normalized spacial score (nSPS) is 21.9. The molecule has 1 unspecified atom stereocenters. The second-order valence-electron chi connectivity index (χ2n) is 5.48. The first-order valence-electron chi connectivity index (χ1n) is 7.41. The molecule has 1 amide bonds. The van der Waals surface area contributed by atoms with Gasteiger partial charge in [-0.25, -0.2) is 4.39 Å². The topological polar surface area (TPSA) is 32.3 Å². The van der Waals surface area contributed by atoms with Crippen LogP contribution in [0.1, 0.15) is 33.1 Å². The molecular formula is C16H23FN2O. The summed E-state index contributed by atoms with van der Waals surface area (Å²) >= 11 is 0. The summed E-state index contributed by atoms with van der Waals surface area (Å²) in [5.41, 5.74) is 0.486. The van der Waals surface area contributed by atoms with E-state index in [1.807, 2.05) is 6.92 Å². The van der Waals surface area contributed by atoms with Crippen molar-refractivity contribution in [2.24, 2.45) is 5.41 Å². The summed E-state index contributed by atoms with van der Waals surface area (Å²) in [5.74, 6) is -0.110. The first-order valence-corrected chi connectivity index (χ1v) is 7.41. The Morgan fingerprint density at radius 1 is 1.35 bits per heavy atom. The molecule has 2 rings (SSSR count). The summed E-state index contributed by atoms with van der Waals surface area (Å²) < 4.78 is 13.0. The smallest absolute Gasteiger partial charge is 0.234 e. The average molecular weight is 278 g/mol. The van der Waals surface area contributed by atoms with Gasteiger partial charge in [-0.05, 0) is 50.6 Å². The minimum Gasteiger partial charge on any atom is -0.316 e. The van der Waals surface area contributed by atoms with Gasteiger partial charge in [-0.2, -0.15) is 0 Å². The van der Waals surface area contributed by atoms with Crippen LogP contribution in [0.2, 0.25) is 0 Å². The highest BCUT2D eigenvalue weighted by Gasteiger charge is 2.42. The molecule has 4 heteroatoms. The van der Waals surface area contributed by atoms with E-state index in [1.54, 1.807) is 17.0 Å². The predicted molar refractivity (Wildman–Crippen MR) is 79.3 cm³/mol. The number of rotatable bonds is 5. The van der Waals surface area contributed by atoms with Gasteiger partial charge in [0.05, 0.1) is 5.41 Å². The molecule has 1 atom stereocenters.